The Labute approximate surface area is 158 Å². The summed E-state index contributed by atoms with van der Waals surface area (Å²) in [6.07, 6.45) is 2.39. The van der Waals surface area contributed by atoms with E-state index < -0.39 is 0 Å². The molecule has 136 valence electrons. The van der Waals surface area contributed by atoms with E-state index in [4.69, 9.17) is 11.6 Å². The molecule has 0 atom stereocenters. The van der Waals surface area contributed by atoms with Gasteiger partial charge in [0.1, 0.15) is 0 Å². The molecular formula is C19H22ClN5O. The van der Waals surface area contributed by atoms with E-state index in [1.807, 2.05) is 35.2 Å². The highest BCUT2D eigenvalue weighted by Gasteiger charge is 2.24. The van der Waals surface area contributed by atoms with Gasteiger partial charge in [0.05, 0.1) is 0 Å². The van der Waals surface area contributed by atoms with Crippen molar-refractivity contribution in [2.24, 2.45) is 0 Å². The van der Waals surface area contributed by atoms with Crippen LogP contribution in [0.25, 0.3) is 0 Å². The van der Waals surface area contributed by atoms with Gasteiger partial charge in [-0.2, -0.15) is 0 Å². The molecule has 0 N–H and O–H groups in total. The third-order valence-electron chi connectivity index (χ3n) is 5.06. The van der Waals surface area contributed by atoms with Crippen molar-refractivity contribution < 1.29 is 4.79 Å². The Bertz CT molecular complexity index is 751. The van der Waals surface area contributed by atoms with Gasteiger partial charge in [-0.05, 0) is 49.2 Å². The van der Waals surface area contributed by atoms with E-state index in [9.17, 15) is 4.79 Å². The molecule has 0 aliphatic carbocycles. The van der Waals surface area contributed by atoms with Gasteiger partial charge in [0, 0.05) is 50.0 Å². The third-order valence-corrected chi connectivity index (χ3v) is 5.31. The number of carbonyl (C=O) groups excluding carboxylic acids is 1. The molecule has 2 saturated heterocycles. The molecule has 2 aliphatic heterocycles. The largest absolute Gasteiger partial charge is 0.368 e. The van der Waals surface area contributed by atoms with Crippen molar-refractivity contribution in [3.8, 4) is 0 Å². The molecule has 3 heterocycles. The second-order valence-corrected chi connectivity index (χ2v) is 7.16. The zero-order valence-electron chi connectivity index (χ0n) is 14.6. The average molecular weight is 372 g/mol. The van der Waals surface area contributed by atoms with Gasteiger partial charge in [0.2, 0.25) is 0 Å². The van der Waals surface area contributed by atoms with E-state index >= 15 is 0 Å². The van der Waals surface area contributed by atoms with Crippen molar-refractivity contribution >= 4 is 29.0 Å². The quantitative estimate of drug-likeness (QED) is 0.830. The van der Waals surface area contributed by atoms with Crippen molar-refractivity contribution in [2.45, 2.75) is 12.8 Å². The van der Waals surface area contributed by atoms with E-state index in [-0.39, 0.29) is 5.91 Å². The molecule has 1 aromatic heterocycles. The molecule has 6 nitrogen and oxygen atoms in total. The molecule has 1 aromatic carbocycles. The van der Waals surface area contributed by atoms with Crippen molar-refractivity contribution in [3.63, 3.8) is 0 Å². The summed E-state index contributed by atoms with van der Waals surface area (Å²) in [5, 5.41) is 9.16. The highest BCUT2D eigenvalue weighted by Crippen LogP contribution is 2.20. The zero-order chi connectivity index (χ0) is 17.9. The number of amides is 1. The number of piperazine rings is 1. The molecule has 0 spiro atoms. The summed E-state index contributed by atoms with van der Waals surface area (Å²) < 4.78 is 0. The number of halogens is 1. The summed E-state index contributed by atoms with van der Waals surface area (Å²) in [4.78, 5) is 19.0. The minimum absolute atomic E-state index is 0.0405. The summed E-state index contributed by atoms with van der Waals surface area (Å²) in [5.74, 6) is 0.827. The number of carbonyl (C=O) groups is 1. The predicted molar refractivity (Wildman–Crippen MR) is 103 cm³/mol. The summed E-state index contributed by atoms with van der Waals surface area (Å²) >= 11 is 5.95. The van der Waals surface area contributed by atoms with Crippen molar-refractivity contribution in [1.82, 2.24) is 15.1 Å². The lowest BCUT2D eigenvalue weighted by atomic mass is 10.2. The molecule has 26 heavy (non-hydrogen) atoms. The van der Waals surface area contributed by atoms with Crippen LogP contribution in [0.5, 0.6) is 0 Å². The normalized spacial score (nSPS) is 17.7. The standard InChI is InChI=1S/C19H22ClN5O/c20-15-3-5-16(6-4-15)23-11-13-25(14-12-23)19(26)17-7-8-18(22-21-17)24-9-1-2-10-24/h3-8H,1-2,9-14H2. The second-order valence-electron chi connectivity index (χ2n) is 6.73. The highest BCUT2D eigenvalue weighted by molar-refractivity contribution is 6.30. The molecule has 2 fully saturated rings. The number of rotatable bonds is 3. The molecule has 1 amide bonds. The minimum atomic E-state index is -0.0405. The van der Waals surface area contributed by atoms with Gasteiger partial charge in [0.15, 0.2) is 11.5 Å². The van der Waals surface area contributed by atoms with Gasteiger partial charge in [-0.3, -0.25) is 4.79 Å². The average Bonchev–Trinajstić information content (AvgIpc) is 3.23. The SMILES string of the molecule is O=C(c1ccc(N2CCCC2)nn1)N1CCN(c2ccc(Cl)cc2)CC1. The fourth-order valence-electron chi connectivity index (χ4n) is 3.54. The van der Waals surface area contributed by atoms with Gasteiger partial charge >= 0.3 is 0 Å². The number of hydrogen-bond donors (Lipinski definition) is 0. The monoisotopic (exact) mass is 371 g/mol. The van der Waals surface area contributed by atoms with E-state index in [1.165, 1.54) is 12.8 Å². The maximum Gasteiger partial charge on any atom is 0.274 e. The molecule has 4 rings (SSSR count). The van der Waals surface area contributed by atoms with Crippen LogP contribution in [0.15, 0.2) is 36.4 Å². The van der Waals surface area contributed by atoms with E-state index in [0.717, 1.165) is 42.7 Å². The van der Waals surface area contributed by atoms with Gasteiger partial charge in [-0.15, -0.1) is 10.2 Å². The summed E-state index contributed by atoms with van der Waals surface area (Å²) in [7, 11) is 0. The van der Waals surface area contributed by atoms with Crippen molar-refractivity contribution in [3.05, 3.63) is 47.1 Å². The van der Waals surface area contributed by atoms with Crippen LogP contribution in [-0.2, 0) is 0 Å². The van der Waals surface area contributed by atoms with Crippen LogP contribution in [-0.4, -0.2) is 60.3 Å². The Kier molecular flexibility index (Phi) is 4.93. The lowest BCUT2D eigenvalue weighted by Gasteiger charge is -2.36. The molecule has 2 aromatic rings. The molecule has 0 bridgehead atoms. The summed E-state index contributed by atoms with van der Waals surface area (Å²) in [5.41, 5.74) is 1.56. The van der Waals surface area contributed by atoms with E-state index in [2.05, 4.69) is 20.0 Å². The fourth-order valence-corrected chi connectivity index (χ4v) is 3.66. The first-order valence-electron chi connectivity index (χ1n) is 9.09. The Morgan fingerprint density at radius 2 is 1.50 bits per heavy atom. The third kappa shape index (κ3) is 3.60. The van der Waals surface area contributed by atoms with Crippen LogP contribution >= 0.6 is 11.6 Å². The lowest BCUT2D eigenvalue weighted by Crippen LogP contribution is -2.49. The minimum Gasteiger partial charge on any atom is -0.368 e. The molecule has 2 aliphatic rings. The predicted octanol–water partition coefficient (Wildman–Crippen LogP) is 2.69. The van der Waals surface area contributed by atoms with Gasteiger partial charge < -0.3 is 14.7 Å². The lowest BCUT2D eigenvalue weighted by molar-refractivity contribution is 0.0739. The number of aromatic nitrogens is 2. The first-order chi connectivity index (χ1) is 12.7. The molecule has 0 radical (unpaired) electrons. The molecular weight excluding hydrogens is 350 g/mol. The van der Waals surface area contributed by atoms with Gasteiger partial charge in [-0.1, -0.05) is 11.6 Å². The molecule has 0 unspecified atom stereocenters. The van der Waals surface area contributed by atoms with E-state index in [0.29, 0.717) is 18.8 Å². The van der Waals surface area contributed by atoms with Crippen LogP contribution in [0, 0.1) is 0 Å². The Morgan fingerprint density at radius 1 is 0.808 bits per heavy atom. The van der Waals surface area contributed by atoms with Gasteiger partial charge in [0.25, 0.3) is 5.91 Å². The highest BCUT2D eigenvalue weighted by atomic mass is 35.5. The smallest absolute Gasteiger partial charge is 0.274 e. The van der Waals surface area contributed by atoms with Crippen LogP contribution in [0.2, 0.25) is 5.02 Å². The first-order valence-corrected chi connectivity index (χ1v) is 9.47. The first kappa shape index (κ1) is 17.1. The summed E-state index contributed by atoms with van der Waals surface area (Å²) in [6.45, 7) is 5.00. The van der Waals surface area contributed by atoms with Crippen LogP contribution in [0.3, 0.4) is 0 Å². The van der Waals surface area contributed by atoms with Gasteiger partial charge in [-0.25, -0.2) is 0 Å². The van der Waals surface area contributed by atoms with Crippen molar-refractivity contribution in [2.75, 3.05) is 49.1 Å². The maximum absolute atomic E-state index is 12.7. The Hall–Kier alpha value is -2.34. The fraction of sp³-hybridized carbons (Fsp3) is 0.421. The van der Waals surface area contributed by atoms with Crippen LogP contribution < -0.4 is 9.80 Å². The van der Waals surface area contributed by atoms with E-state index in [1.54, 1.807) is 6.07 Å². The number of benzene rings is 1. The molecule has 0 saturated carbocycles. The maximum atomic E-state index is 12.7. The topological polar surface area (TPSA) is 52.6 Å². The summed E-state index contributed by atoms with van der Waals surface area (Å²) in [6, 6.07) is 11.5. The number of nitrogens with zero attached hydrogens (tertiary/aromatic N) is 5. The van der Waals surface area contributed by atoms with Crippen LogP contribution in [0.1, 0.15) is 23.3 Å². The second kappa shape index (κ2) is 7.50. The number of anilines is 2. The van der Waals surface area contributed by atoms with Crippen LogP contribution in [0.4, 0.5) is 11.5 Å². The molecule has 7 heteroatoms. The Morgan fingerprint density at radius 3 is 2.12 bits per heavy atom. The number of hydrogen-bond acceptors (Lipinski definition) is 5. The zero-order valence-corrected chi connectivity index (χ0v) is 15.4. The Balaban J connectivity index is 1.36. The van der Waals surface area contributed by atoms with Crippen molar-refractivity contribution in [1.29, 1.82) is 0 Å².